The summed E-state index contributed by atoms with van der Waals surface area (Å²) in [6, 6.07) is 4.59. The van der Waals surface area contributed by atoms with Gasteiger partial charge in [0.25, 0.3) is 6.43 Å². The van der Waals surface area contributed by atoms with Crippen molar-refractivity contribution < 1.29 is 8.78 Å². The fourth-order valence-corrected chi connectivity index (χ4v) is 2.00. The molecule has 0 saturated carbocycles. The molecule has 1 atom stereocenters. The molecule has 0 N–H and O–H groups in total. The minimum absolute atomic E-state index is 0.0396. The Kier molecular flexibility index (Phi) is 2.00. The highest BCUT2D eigenvalue weighted by molar-refractivity contribution is 7.18. The van der Waals surface area contributed by atoms with Crippen molar-refractivity contribution in [3.63, 3.8) is 0 Å². The summed E-state index contributed by atoms with van der Waals surface area (Å²) in [6.45, 7) is 1.87. The molecule has 0 aliphatic rings. The van der Waals surface area contributed by atoms with Gasteiger partial charge in [0.15, 0.2) is 0 Å². The number of hydrogen-bond acceptors (Lipinski definition) is 2. The predicted molar refractivity (Wildman–Crippen MR) is 49.3 cm³/mol. The zero-order chi connectivity index (χ0) is 9.42. The van der Waals surface area contributed by atoms with Gasteiger partial charge in [-0.05, 0) is 19.1 Å². The number of rotatable bonds is 1. The van der Waals surface area contributed by atoms with E-state index in [2.05, 4.69) is 4.98 Å². The number of thiazole rings is 1. The summed E-state index contributed by atoms with van der Waals surface area (Å²) in [7, 11) is 0. The van der Waals surface area contributed by atoms with Crippen molar-refractivity contribution in [2.75, 3.05) is 0 Å². The molecule has 4 heteroatoms. The van der Waals surface area contributed by atoms with Crippen LogP contribution >= 0.6 is 11.3 Å². The SMILES string of the molecule is Cc1nc2cc(C(F)[18F])ccc2s1. The number of benzene rings is 1. The number of nitrogens with zero attached hydrogens (tertiary/aromatic N) is 1. The molecule has 0 aliphatic carbocycles. The molecule has 0 amide bonds. The molecular formula is C9H7F2NS. The van der Waals surface area contributed by atoms with Gasteiger partial charge in [-0.15, -0.1) is 11.3 Å². The van der Waals surface area contributed by atoms with Crippen molar-refractivity contribution in [1.82, 2.24) is 4.98 Å². The Balaban J connectivity index is 2.61. The molecule has 1 aromatic heterocycles. The van der Waals surface area contributed by atoms with Crippen LogP contribution in [0.4, 0.5) is 8.78 Å². The van der Waals surface area contributed by atoms with Crippen LogP contribution in [0.3, 0.4) is 0 Å². The zero-order valence-corrected chi connectivity index (χ0v) is 7.74. The van der Waals surface area contributed by atoms with E-state index in [-0.39, 0.29) is 5.56 Å². The molecule has 0 aliphatic heterocycles. The Bertz CT molecular complexity index is 436. The van der Waals surface area contributed by atoms with E-state index in [1.54, 1.807) is 6.07 Å². The highest BCUT2D eigenvalue weighted by Gasteiger charge is 2.08. The summed E-state index contributed by atoms with van der Waals surface area (Å²) in [5, 5.41) is 0.904. The smallest absolute Gasteiger partial charge is 0.242 e. The third-order valence-corrected chi connectivity index (χ3v) is 2.72. The molecule has 1 unspecified atom stereocenters. The monoisotopic (exact) mass is 198 g/mol. The van der Waals surface area contributed by atoms with E-state index in [1.165, 1.54) is 23.5 Å². The molecule has 1 aromatic carbocycles. The Morgan fingerprint density at radius 3 is 2.85 bits per heavy atom. The van der Waals surface area contributed by atoms with Crippen LogP contribution in [-0.4, -0.2) is 4.98 Å². The third kappa shape index (κ3) is 1.54. The number of aromatic nitrogens is 1. The zero-order valence-electron chi connectivity index (χ0n) is 6.92. The van der Waals surface area contributed by atoms with E-state index in [9.17, 15) is 8.78 Å². The first-order chi connectivity index (χ1) is 6.16. The molecule has 0 fully saturated rings. The second-order valence-corrected chi connectivity index (χ2v) is 4.00. The van der Waals surface area contributed by atoms with Gasteiger partial charge in [0.2, 0.25) is 0 Å². The van der Waals surface area contributed by atoms with Gasteiger partial charge in [-0.1, -0.05) is 6.07 Å². The molecular weight excluding hydrogens is 191 g/mol. The second kappa shape index (κ2) is 3.03. The van der Waals surface area contributed by atoms with E-state index in [0.717, 1.165) is 9.71 Å². The number of aryl methyl sites for hydroxylation is 1. The number of alkyl halides is 2. The van der Waals surface area contributed by atoms with Gasteiger partial charge in [0, 0.05) is 5.56 Å². The Hall–Kier alpha value is -1.03. The van der Waals surface area contributed by atoms with Crippen LogP contribution in [0.1, 0.15) is 17.0 Å². The first-order valence-electron chi connectivity index (χ1n) is 3.82. The fraction of sp³-hybridized carbons (Fsp3) is 0.222. The van der Waals surface area contributed by atoms with Crippen LogP contribution in [0, 0.1) is 6.92 Å². The largest absolute Gasteiger partial charge is 0.263 e. The molecule has 2 aromatic rings. The summed E-state index contributed by atoms with van der Waals surface area (Å²) >= 11 is 1.52. The van der Waals surface area contributed by atoms with Gasteiger partial charge in [0.1, 0.15) is 0 Å². The molecule has 1 heterocycles. The Morgan fingerprint density at radius 1 is 1.38 bits per heavy atom. The maximum Gasteiger partial charge on any atom is 0.263 e. The van der Waals surface area contributed by atoms with Crippen molar-refractivity contribution in [3.05, 3.63) is 28.8 Å². The Labute approximate surface area is 78.0 Å². The summed E-state index contributed by atoms with van der Waals surface area (Å²) in [5.41, 5.74) is 0.707. The van der Waals surface area contributed by atoms with Crippen LogP contribution in [0.2, 0.25) is 0 Å². The standard InChI is InChI=1S/C9H7F2NS/c1-5-12-7-4-6(9(10)11)2-3-8(7)13-5/h2-4,9H,1H3/i10-1. The lowest BCUT2D eigenvalue weighted by Crippen LogP contribution is -1.82. The van der Waals surface area contributed by atoms with Crippen molar-refractivity contribution in [2.24, 2.45) is 0 Å². The number of fused-ring (bicyclic) bond motifs is 1. The lowest BCUT2D eigenvalue weighted by atomic mass is 10.2. The van der Waals surface area contributed by atoms with Gasteiger partial charge in [-0.2, -0.15) is 0 Å². The summed E-state index contributed by atoms with van der Waals surface area (Å²) in [5.74, 6) is 0. The summed E-state index contributed by atoms with van der Waals surface area (Å²) < 4.78 is 25.5. The van der Waals surface area contributed by atoms with Gasteiger partial charge in [-0.3, -0.25) is 0 Å². The lowest BCUT2D eigenvalue weighted by Gasteiger charge is -1.96. The average Bonchev–Trinajstić information content (AvgIpc) is 2.42. The number of hydrogen-bond donors (Lipinski definition) is 0. The van der Waals surface area contributed by atoms with E-state index >= 15 is 0 Å². The molecule has 2 rings (SSSR count). The lowest BCUT2D eigenvalue weighted by molar-refractivity contribution is 0.151. The quantitative estimate of drug-likeness (QED) is 0.683. The van der Waals surface area contributed by atoms with Crippen LogP contribution in [-0.2, 0) is 0 Å². The van der Waals surface area contributed by atoms with Crippen molar-refractivity contribution in [3.8, 4) is 0 Å². The second-order valence-electron chi connectivity index (χ2n) is 2.76. The van der Waals surface area contributed by atoms with Gasteiger partial charge in [-0.25, -0.2) is 13.8 Å². The van der Waals surface area contributed by atoms with Crippen LogP contribution < -0.4 is 0 Å². The molecule has 68 valence electrons. The topological polar surface area (TPSA) is 12.9 Å². The number of halogens is 2. The molecule has 13 heavy (non-hydrogen) atoms. The van der Waals surface area contributed by atoms with Gasteiger partial charge >= 0.3 is 0 Å². The first kappa shape index (κ1) is 8.56. The maximum atomic E-state index is 12.3. The highest BCUT2D eigenvalue weighted by atomic mass is 32.1. The average molecular weight is 198 g/mol. The van der Waals surface area contributed by atoms with Crippen LogP contribution in [0.5, 0.6) is 0 Å². The Morgan fingerprint density at radius 2 is 2.15 bits per heavy atom. The van der Waals surface area contributed by atoms with E-state index in [4.69, 9.17) is 0 Å². The van der Waals surface area contributed by atoms with Gasteiger partial charge in [0.05, 0.1) is 15.2 Å². The van der Waals surface area contributed by atoms with Crippen molar-refractivity contribution in [2.45, 2.75) is 13.3 Å². The molecule has 0 radical (unpaired) electrons. The third-order valence-electron chi connectivity index (χ3n) is 1.77. The highest BCUT2D eigenvalue weighted by Crippen LogP contribution is 2.26. The van der Waals surface area contributed by atoms with E-state index in [1.807, 2.05) is 6.92 Å². The summed E-state index contributed by atoms with van der Waals surface area (Å²) in [4.78, 5) is 4.14. The maximum absolute atomic E-state index is 12.3. The molecule has 0 saturated heterocycles. The molecule has 0 spiro atoms. The minimum atomic E-state index is -2.41. The van der Waals surface area contributed by atoms with E-state index < -0.39 is 6.43 Å². The van der Waals surface area contributed by atoms with Gasteiger partial charge < -0.3 is 0 Å². The first-order valence-corrected chi connectivity index (χ1v) is 4.64. The molecule has 1 nitrogen and oxygen atoms in total. The molecule has 0 bridgehead atoms. The van der Waals surface area contributed by atoms with Crippen molar-refractivity contribution >= 4 is 21.6 Å². The fourth-order valence-electron chi connectivity index (χ4n) is 1.20. The minimum Gasteiger partial charge on any atom is -0.242 e. The summed E-state index contributed by atoms with van der Waals surface area (Å²) in [6.07, 6.45) is -2.41. The van der Waals surface area contributed by atoms with E-state index in [0.29, 0.717) is 5.52 Å². The normalized spacial score (nSPS) is 13.5. The van der Waals surface area contributed by atoms with Crippen molar-refractivity contribution in [1.29, 1.82) is 0 Å². The van der Waals surface area contributed by atoms with Crippen LogP contribution in [0.15, 0.2) is 18.2 Å². The predicted octanol–water partition coefficient (Wildman–Crippen LogP) is 3.54. The van der Waals surface area contributed by atoms with Crippen LogP contribution in [0.25, 0.3) is 10.2 Å².